The number of likely N-dealkylation sites (N-methyl/N-ethyl adjacent to an activating group) is 1. The third kappa shape index (κ3) is 3.79. The second-order valence-electron chi connectivity index (χ2n) is 7.12. The monoisotopic (exact) mass is 347 g/mol. The van der Waals surface area contributed by atoms with Crippen LogP contribution in [-0.4, -0.2) is 65.3 Å². The lowest BCUT2D eigenvalue weighted by atomic mass is 9.79. The molecule has 1 aliphatic carbocycles. The van der Waals surface area contributed by atoms with Crippen LogP contribution in [0.2, 0.25) is 5.02 Å². The second-order valence-corrected chi connectivity index (χ2v) is 7.55. The molecule has 1 fully saturated rings. The summed E-state index contributed by atoms with van der Waals surface area (Å²) in [6.07, 6.45) is 3.14. The molecule has 0 aliphatic heterocycles. The van der Waals surface area contributed by atoms with Gasteiger partial charge in [0.1, 0.15) is 5.82 Å². The van der Waals surface area contributed by atoms with Gasteiger partial charge in [-0.15, -0.1) is 0 Å². The van der Waals surface area contributed by atoms with E-state index in [0.717, 1.165) is 48.2 Å². The Balaban J connectivity index is 1.87. The van der Waals surface area contributed by atoms with Gasteiger partial charge in [0.2, 0.25) is 0 Å². The average Bonchev–Trinajstić information content (AvgIpc) is 2.87. The summed E-state index contributed by atoms with van der Waals surface area (Å²) in [6, 6.07) is 8.50. The highest BCUT2D eigenvalue weighted by molar-refractivity contribution is 6.30. The van der Waals surface area contributed by atoms with Crippen LogP contribution in [0.5, 0.6) is 0 Å². The molecule has 1 aromatic carbocycles. The van der Waals surface area contributed by atoms with Crippen molar-refractivity contribution in [1.29, 1.82) is 0 Å². The van der Waals surface area contributed by atoms with Gasteiger partial charge in [0.25, 0.3) is 0 Å². The molecule has 0 saturated heterocycles. The summed E-state index contributed by atoms with van der Waals surface area (Å²) in [4.78, 5) is 9.32. The molecule has 0 atom stereocenters. The van der Waals surface area contributed by atoms with Gasteiger partial charge in [0, 0.05) is 29.9 Å². The van der Waals surface area contributed by atoms with E-state index in [1.807, 2.05) is 28.9 Å². The zero-order valence-corrected chi connectivity index (χ0v) is 15.7. The molecule has 3 rings (SSSR count). The molecule has 0 bridgehead atoms. The predicted molar refractivity (Wildman–Crippen MR) is 98.1 cm³/mol. The fourth-order valence-corrected chi connectivity index (χ4v) is 3.27. The molecule has 130 valence electrons. The SMILES string of the molecule is CN(C)CCc1nc(C2CC(N(C)C)C2)n(-c2cccc(Cl)c2)n1. The molecule has 0 unspecified atom stereocenters. The Hall–Kier alpha value is -1.43. The fourth-order valence-electron chi connectivity index (χ4n) is 3.08. The topological polar surface area (TPSA) is 37.2 Å². The third-order valence-electron chi connectivity index (χ3n) is 4.72. The molecule has 0 amide bonds. The van der Waals surface area contributed by atoms with E-state index in [-0.39, 0.29) is 0 Å². The lowest BCUT2D eigenvalue weighted by Gasteiger charge is -2.39. The first-order chi connectivity index (χ1) is 11.4. The molecule has 2 aromatic rings. The molecule has 0 N–H and O–H groups in total. The van der Waals surface area contributed by atoms with Crippen molar-refractivity contribution in [3.63, 3.8) is 0 Å². The van der Waals surface area contributed by atoms with Crippen LogP contribution in [0.4, 0.5) is 0 Å². The van der Waals surface area contributed by atoms with Crippen molar-refractivity contribution in [2.45, 2.75) is 31.2 Å². The van der Waals surface area contributed by atoms with Gasteiger partial charge in [-0.25, -0.2) is 9.67 Å². The van der Waals surface area contributed by atoms with Crippen molar-refractivity contribution in [3.05, 3.63) is 40.9 Å². The van der Waals surface area contributed by atoms with Crippen molar-refractivity contribution in [2.24, 2.45) is 0 Å². The smallest absolute Gasteiger partial charge is 0.152 e. The van der Waals surface area contributed by atoms with Gasteiger partial charge in [0.05, 0.1) is 5.69 Å². The van der Waals surface area contributed by atoms with Crippen molar-refractivity contribution in [1.82, 2.24) is 24.6 Å². The molecule has 0 radical (unpaired) electrons. The maximum Gasteiger partial charge on any atom is 0.152 e. The quantitative estimate of drug-likeness (QED) is 0.805. The summed E-state index contributed by atoms with van der Waals surface area (Å²) in [6.45, 7) is 0.948. The number of nitrogens with zero attached hydrogens (tertiary/aromatic N) is 5. The van der Waals surface area contributed by atoms with E-state index in [0.29, 0.717) is 12.0 Å². The maximum atomic E-state index is 6.17. The van der Waals surface area contributed by atoms with Crippen molar-refractivity contribution >= 4 is 11.6 Å². The number of hydrogen-bond donors (Lipinski definition) is 0. The average molecular weight is 348 g/mol. The number of halogens is 1. The van der Waals surface area contributed by atoms with Gasteiger partial charge < -0.3 is 9.80 Å². The highest BCUT2D eigenvalue weighted by Gasteiger charge is 2.35. The molecule has 1 heterocycles. The minimum Gasteiger partial charge on any atom is -0.309 e. The summed E-state index contributed by atoms with van der Waals surface area (Å²) < 4.78 is 1.99. The van der Waals surface area contributed by atoms with E-state index in [9.17, 15) is 0 Å². The second kappa shape index (κ2) is 7.21. The van der Waals surface area contributed by atoms with Crippen LogP contribution < -0.4 is 0 Å². The summed E-state index contributed by atoms with van der Waals surface area (Å²) in [5.41, 5.74) is 0.995. The van der Waals surface area contributed by atoms with Crippen LogP contribution in [0.1, 0.15) is 30.4 Å². The predicted octanol–water partition coefficient (Wildman–Crippen LogP) is 2.83. The van der Waals surface area contributed by atoms with E-state index in [1.54, 1.807) is 0 Å². The maximum absolute atomic E-state index is 6.17. The summed E-state index contributed by atoms with van der Waals surface area (Å²) >= 11 is 6.17. The summed E-state index contributed by atoms with van der Waals surface area (Å²) in [7, 11) is 8.43. The van der Waals surface area contributed by atoms with Gasteiger partial charge in [-0.3, -0.25) is 0 Å². The first kappa shape index (κ1) is 17.4. The van der Waals surface area contributed by atoms with Crippen LogP contribution in [0.15, 0.2) is 24.3 Å². The molecule has 1 saturated carbocycles. The number of hydrogen-bond acceptors (Lipinski definition) is 4. The number of aromatic nitrogens is 3. The third-order valence-corrected chi connectivity index (χ3v) is 4.96. The first-order valence-corrected chi connectivity index (χ1v) is 8.84. The van der Waals surface area contributed by atoms with Gasteiger partial charge in [0.15, 0.2) is 5.82 Å². The van der Waals surface area contributed by atoms with Gasteiger partial charge in [-0.05, 0) is 59.2 Å². The molecular weight excluding hydrogens is 322 g/mol. The van der Waals surface area contributed by atoms with Crippen LogP contribution in [0.25, 0.3) is 5.69 Å². The van der Waals surface area contributed by atoms with E-state index in [1.165, 1.54) is 0 Å². The Kier molecular flexibility index (Phi) is 5.23. The zero-order chi connectivity index (χ0) is 17.3. The molecular formula is C18H26ClN5. The van der Waals surface area contributed by atoms with Gasteiger partial charge in [-0.1, -0.05) is 17.7 Å². The molecule has 5 nitrogen and oxygen atoms in total. The standard InChI is InChI=1S/C18H26ClN5/c1-22(2)9-8-17-20-18(13-10-16(11-13)23(3)4)24(21-17)15-7-5-6-14(19)12-15/h5-7,12-13,16H,8-11H2,1-4H3. The van der Waals surface area contributed by atoms with Crippen LogP contribution in [0.3, 0.4) is 0 Å². The lowest BCUT2D eigenvalue weighted by Crippen LogP contribution is -2.40. The van der Waals surface area contributed by atoms with Crippen molar-refractivity contribution in [3.8, 4) is 5.69 Å². The highest BCUT2D eigenvalue weighted by Crippen LogP contribution is 2.39. The summed E-state index contributed by atoms with van der Waals surface area (Å²) in [5.74, 6) is 2.45. The zero-order valence-electron chi connectivity index (χ0n) is 14.9. The Morgan fingerprint density at radius 1 is 1.21 bits per heavy atom. The Morgan fingerprint density at radius 2 is 1.96 bits per heavy atom. The molecule has 1 aromatic heterocycles. The van der Waals surface area contributed by atoms with Crippen LogP contribution >= 0.6 is 11.6 Å². The fraction of sp³-hybridized carbons (Fsp3) is 0.556. The Labute approximate surface area is 149 Å². The largest absolute Gasteiger partial charge is 0.309 e. The number of benzene rings is 1. The van der Waals surface area contributed by atoms with Crippen molar-refractivity contribution < 1.29 is 0 Å². The van der Waals surface area contributed by atoms with E-state index < -0.39 is 0 Å². The van der Waals surface area contributed by atoms with E-state index in [2.05, 4.69) is 38.0 Å². The molecule has 1 aliphatic rings. The lowest BCUT2D eigenvalue weighted by molar-refractivity contribution is 0.160. The van der Waals surface area contributed by atoms with Crippen LogP contribution in [0, 0.1) is 0 Å². The molecule has 24 heavy (non-hydrogen) atoms. The van der Waals surface area contributed by atoms with E-state index >= 15 is 0 Å². The number of rotatable bonds is 6. The minimum atomic E-state index is 0.469. The Morgan fingerprint density at radius 3 is 2.58 bits per heavy atom. The van der Waals surface area contributed by atoms with E-state index in [4.69, 9.17) is 21.7 Å². The minimum absolute atomic E-state index is 0.469. The normalized spacial score (nSPS) is 20.6. The highest BCUT2D eigenvalue weighted by atomic mass is 35.5. The summed E-state index contributed by atoms with van der Waals surface area (Å²) in [5, 5.41) is 5.50. The molecule has 0 spiro atoms. The van der Waals surface area contributed by atoms with Gasteiger partial charge >= 0.3 is 0 Å². The Bertz CT molecular complexity index is 688. The van der Waals surface area contributed by atoms with Crippen molar-refractivity contribution in [2.75, 3.05) is 34.7 Å². The van der Waals surface area contributed by atoms with Gasteiger partial charge in [-0.2, -0.15) is 5.10 Å². The molecule has 6 heteroatoms. The first-order valence-electron chi connectivity index (χ1n) is 8.47. The van der Waals surface area contributed by atoms with Crippen LogP contribution in [-0.2, 0) is 6.42 Å².